The van der Waals surface area contributed by atoms with E-state index in [9.17, 15) is 0 Å². The molecule has 1 fully saturated rings. The number of allylic oxidation sites excluding steroid dienone is 3. The van der Waals surface area contributed by atoms with Crippen molar-refractivity contribution in [1.82, 2.24) is 4.31 Å². The minimum atomic E-state index is -1.20. The van der Waals surface area contributed by atoms with Crippen molar-refractivity contribution in [2.75, 3.05) is 14.1 Å². The second-order valence-corrected chi connectivity index (χ2v) is 10.4. The topological polar surface area (TPSA) is 3.24 Å². The fourth-order valence-electron chi connectivity index (χ4n) is 4.07. The first-order chi connectivity index (χ1) is 11.5. The van der Waals surface area contributed by atoms with Crippen LogP contribution in [0, 0.1) is 5.92 Å². The van der Waals surface area contributed by atoms with Gasteiger partial charge in [0, 0.05) is 4.91 Å². The summed E-state index contributed by atoms with van der Waals surface area (Å²) in [5.74, 6) is 0.776. The van der Waals surface area contributed by atoms with Crippen molar-refractivity contribution in [1.29, 1.82) is 0 Å². The summed E-state index contributed by atoms with van der Waals surface area (Å²) >= 11 is 0. The maximum atomic E-state index is 2.62. The normalized spacial score (nSPS) is 27.0. The second kappa shape index (κ2) is 7.33. The van der Waals surface area contributed by atoms with Crippen LogP contribution in [0.5, 0.6) is 0 Å². The molecule has 0 spiro atoms. The smallest absolute Gasteiger partial charge is 0.0158 e. The number of hydrogen-bond acceptors (Lipinski definition) is 1. The summed E-state index contributed by atoms with van der Waals surface area (Å²) < 4.78 is 2.45. The number of nitrogens with zero attached hydrogens (tertiary/aromatic N) is 1. The average molecular weight is 342 g/mol. The SMILES string of the molecule is CC(C)=C(c1ccccc1)S1(N(C)C)C=CC(C2CCCCC2)=C1. The van der Waals surface area contributed by atoms with E-state index < -0.39 is 10.2 Å². The third-order valence-corrected chi connectivity index (χ3v) is 8.97. The fraction of sp³-hybridized carbons (Fsp3) is 0.455. The summed E-state index contributed by atoms with van der Waals surface area (Å²) in [4.78, 5) is 1.51. The maximum Gasteiger partial charge on any atom is 0.0158 e. The van der Waals surface area contributed by atoms with E-state index in [-0.39, 0.29) is 0 Å². The van der Waals surface area contributed by atoms with Gasteiger partial charge in [0.15, 0.2) is 0 Å². The fourth-order valence-corrected chi connectivity index (χ4v) is 7.44. The Morgan fingerprint density at radius 3 is 2.25 bits per heavy atom. The van der Waals surface area contributed by atoms with E-state index in [1.54, 1.807) is 5.57 Å². The average Bonchev–Trinajstić information content (AvgIpc) is 3.03. The summed E-state index contributed by atoms with van der Waals surface area (Å²) in [5, 5.41) is 5.13. The van der Waals surface area contributed by atoms with E-state index in [0.29, 0.717) is 0 Å². The van der Waals surface area contributed by atoms with E-state index in [2.05, 4.69) is 79.5 Å². The molecule has 1 aliphatic carbocycles. The van der Waals surface area contributed by atoms with Crippen molar-refractivity contribution >= 4 is 15.1 Å². The second-order valence-electron chi connectivity index (χ2n) is 7.44. The molecule has 130 valence electrons. The lowest BCUT2D eigenvalue weighted by Gasteiger charge is -2.42. The molecular weight excluding hydrogens is 310 g/mol. The van der Waals surface area contributed by atoms with E-state index >= 15 is 0 Å². The molecule has 1 saturated carbocycles. The Bertz CT molecular complexity index is 658. The van der Waals surface area contributed by atoms with E-state index in [0.717, 1.165) is 5.92 Å². The Morgan fingerprint density at radius 1 is 1.00 bits per heavy atom. The molecule has 3 rings (SSSR count). The monoisotopic (exact) mass is 341 g/mol. The molecule has 0 radical (unpaired) electrons. The van der Waals surface area contributed by atoms with Gasteiger partial charge >= 0.3 is 0 Å². The van der Waals surface area contributed by atoms with Crippen LogP contribution in [0.15, 0.2) is 58.4 Å². The Morgan fingerprint density at radius 2 is 1.67 bits per heavy atom. The predicted octanol–water partition coefficient (Wildman–Crippen LogP) is 6.71. The Kier molecular flexibility index (Phi) is 5.36. The van der Waals surface area contributed by atoms with Crippen molar-refractivity contribution in [2.24, 2.45) is 5.92 Å². The number of benzene rings is 1. The van der Waals surface area contributed by atoms with E-state index in [1.165, 1.54) is 48.1 Å². The van der Waals surface area contributed by atoms with Gasteiger partial charge in [0.25, 0.3) is 0 Å². The van der Waals surface area contributed by atoms with Gasteiger partial charge in [-0.05, 0) is 68.7 Å². The molecule has 1 aromatic rings. The number of hydrogen-bond donors (Lipinski definition) is 0. The first-order valence-corrected chi connectivity index (χ1v) is 10.9. The quantitative estimate of drug-likeness (QED) is 0.588. The van der Waals surface area contributed by atoms with E-state index in [4.69, 9.17) is 0 Å². The van der Waals surface area contributed by atoms with Crippen LogP contribution in [0.3, 0.4) is 0 Å². The highest BCUT2D eigenvalue weighted by molar-refractivity contribution is 8.43. The van der Waals surface area contributed by atoms with Gasteiger partial charge in [-0.2, -0.15) is 0 Å². The number of rotatable bonds is 4. The van der Waals surface area contributed by atoms with Crippen molar-refractivity contribution in [3.8, 4) is 0 Å². The lowest BCUT2D eigenvalue weighted by Crippen LogP contribution is -2.17. The van der Waals surface area contributed by atoms with Gasteiger partial charge in [-0.25, -0.2) is 0 Å². The molecule has 2 heteroatoms. The third kappa shape index (κ3) is 3.27. The summed E-state index contributed by atoms with van der Waals surface area (Å²) in [6, 6.07) is 11.0. The van der Waals surface area contributed by atoms with Gasteiger partial charge in [0.2, 0.25) is 0 Å². The van der Waals surface area contributed by atoms with Crippen LogP contribution in [-0.4, -0.2) is 18.4 Å². The van der Waals surface area contributed by atoms with Gasteiger partial charge < -0.3 is 0 Å². The van der Waals surface area contributed by atoms with Crippen LogP contribution in [-0.2, 0) is 0 Å². The zero-order chi connectivity index (χ0) is 17.2. The molecule has 1 aromatic carbocycles. The molecule has 24 heavy (non-hydrogen) atoms. The molecule has 0 N–H and O–H groups in total. The highest BCUT2D eigenvalue weighted by Crippen LogP contribution is 2.68. The first-order valence-electron chi connectivity index (χ1n) is 9.18. The van der Waals surface area contributed by atoms with Crippen molar-refractivity contribution in [3.05, 3.63) is 63.9 Å². The van der Waals surface area contributed by atoms with Crippen LogP contribution in [0.4, 0.5) is 0 Å². The standard InChI is InChI=1S/C22H31NS/c1-18(2)22(20-13-9-6-10-14-20)24(23(3)4)16-15-21(17-24)19-11-7-5-8-12-19/h6,9-10,13-17,19H,5,7-8,11-12H2,1-4H3. The lowest BCUT2D eigenvalue weighted by molar-refractivity contribution is 0.409. The summed E-state index contributed by atoms with van der Waals surface area (Å²) in [5.41, 5.74) is 4.38. The molecule has 1 nitrogen and oxygen atoms in total. The molecule has 1 heterocycles. The Balaban J connectivity index is 2.05. The first kappa shape index (κ1) is 17.6. The van der Waals surface area contributed by atoms with Gasteiger partial charge in [0.1, 0.15) is 0 Å². The van der Waals surface area contributed by atoms with E-state index in [1.807, 2.05) is 0 Å². The van der Waals surface area contributed by atoms with Crippen LogP contribution >= 0.6 is 10.2 Å². The molecule has 1 aliphatic heterocycles. The van der Waals surface area contributed by atoms with Crippen LogP contribution in [0.25, 0.3) is 4.91 Å². The van der Waals surface area contributed by atoms with Crippen LogP contribution < -0.4 is 0 Å². The van der Waals surface area contributed by atoms with Crippen molar-refractivity contribution in [3.63, 3.8) is 0 Å². The molecule has 1 unspecified atom stereocenters. The maximum absolute atomic E-state index is 2.62. The van der Waals surface area contributed by atoms with Gasteiger partial charge in [-0.15, -0.1) is 10.2 Å². The molecule has 0 amide bonds. The molecular formula is C22H31NS. The molecule has 1 atom stereocenters. The Labute approximate surface area is 149 Å². The largest absolute Gasteiger partial charge is 0.263 e. The van der Waals surface area contributed by atoms with Crippen LogP contribution in [0.1, 0.15) is 51.5 Å². The highest BCUT2D eigenvalue weighted by atomic mass is 32.3. The van der Waals surface area contributed by atoms with Gasteiger partial charge in [0.05, 0.1) is 0 Å². The summed E-state index contributed by atoms with van der Waals surface area (Å²) in [6.07, 6.45) is 9.39. The van der Waals surface area contributed by atoms with Crippen molar-refractivity contribution < 1.29 is 0 Å². The predicted molar refractivity (Wildman–Crippen MR) is 110 cm³/mol. The third-order valence-electron chi connectivity index (χ3n) is 5.28. The van der Waals surface area contributed by atoms with Gasteiger partial charge in [-0.3, -0.25) is 4.31 Å². The molecule has 0 saturated heterocycles. The highest BCUT2D eigenvalue weighted by Gasteiger charge is 2.33. The zero-order valence-corrected chi connectivity index (χ0v) is 16.4. The lowest BCUT2D eigenvalue weighted by atomic mass is 9.84. The molecule has 0 aromatic heterocycles. The minimum absolute atomic E-state index is 0.776. The molecule has 0 bridgehead atoms. The Hall–Kier alpha value is -1.25. The minimum Gasteiger partial charge on any atom is -0.263 e. The molecule has 2 aliphatic rings. The zero-order valence-electron chi connectivity index (χ0n) is 15.6. The van der Waals surface area contributed by atoms with Gasteiger partial charge in [-0.1, -0.05) is 61.2 Å². The summed E-state index contributed by atoms with van der Waals surface area (Å²) in [7, 11) is 3.28. The van der Waals surface area contributed by atoms with Crippen molar-refractivity contribution in [2.45, 2.75) is 46.0 Å². The van der Waals surface area contributed by atoms with Crippen LogP contribution in [0.2, 0.25) is 0 Å². The summed E-state index contributed by atoms with van der Waals surface area (Å²) in [6.45, 7) is 4.53.